The van der Waals surface area contributed by atoms with E-state index in [0.29, 0.717) is 6.54 Å². The molecule has 1 atom stereocenters. The minimum atomic E-state index is 0.0367. The van der Waals surface area contributed by atoms with Crippen LogP contribution in [0, 0.1) is 5.92 Å². The summed E-state index contributed by atoms with van der Waals surface area (Å²) in [5.41, 5.74) is 1.05. The van der Waals surface area contributed by atoms with Gasteiger partial charge in [0, 0.05) is 32.1 Å². The molecule has 0 aromatic heterocycles. The van der Waals surface area contributed by atoms with E-state index < -0.39 is 0 Å². The largest absolute Gasteiger partial charge is 0.508 e. The van der Waals surface area contributed by atoms with Crippen molar-refractivity contribution in [3.05, 3.63) is 29.8 Å². The zero-order valence-corrected chi connectivity index (χ0v) is 10.0. The molecule has 2 rings (SSSR count). The first-order valence-electron chi connectivity index (χ1n) is 5.94. The van der Waals surface area contributed by atoms with E-state index in [2.05, 4.69) is 5.32 Å². The number of hydrogen-bond donors (Lipinski definition) is 2. The molecule has 0 saturated carbocycles. The summed E-state index contributed by atoms with van der Waals surface area (Å²) in [6.07, 6.45) is 0. The Labute approximate surface area is 101 Å². The summed E-state index contributed by atoms with van der Waals surface area (Å²) in [5.74, 6) is 0.490. The number of amides is 1. The van der Waals surface area contributed by atoms with Gasteiger partial charge in [0.15, 0.2) is 0 Å². The summed E-state index contributed by atoms with van der Waals surface area (Å²) in [6, 6.07) is 7.01. The summed E-state index contributed by atoms with van der Waals surface area (Å²) in [6.45, 7) is 4.90. The van der Waals surface area contributed by atoms with E-state index in [-0.39, 0.29) is 17.6 Å². The molecule has 1 aliphatic heterocycles. The lowest BCUT2D eigenvalue weighted by Crippen LogP contribution is -2.34. The molecule has 2 N–H and O–H groups in total. The van der Waals surface area contributed by atoms with Gasteiger partial charge in [-0.15, -0.1) is 0 Å². The van der Waals surface area contributed by atoms with Gasteiger partial charge in [0.2, 0.25) is 5.91 Å². The van der Waals surface area contributed by atoms with Crippen molar-refractivity contribution in [1.29, 1.82) is 0 Å². The van der Waals surface area contributed by atoms with Gasteiger partial charge >= 0.3 is 0 Å². The van der Waals surface area contributed by atoms with Gasteiger partial charge in [0.25, 0.3) is 0 Å². The molecule has 0 bridgehead atoms. The predicted octanol–water partition coefficient (Wildman–Crippen LogP) is 0.960. The summed E-state index contributed by atoms with van der Waals surface area (Å²) >= 11 is 0. The van der Waals surface area contributed by atoms with Crippen molar-refractivity contribution in [2.75, 3.05) is 19.6 Å². The fourth-order valence-corrected chi connectivity index (χ4v) is 2.02. The number of rotatable bonds is 2. The third-order valence-electron chi connectivity index (χ3n) is 3.05. The Bertz CT molecular complexity index is 389. The van der Waals surface area contributed by atoms with E-state index in [1.807, 2.05) is 24.0 Å². The zero-order valence-electron chi connectivity index (χ0n) is 10.0. The summed E-state index contributed by atoms with van der Waals surface area (Å²) in [4.78, 5) is 13.9. The normalized spacial score (nSPS) is 21.4. The van der Waals surface area contributed by atoms with Gasteiger partial charge < -0.3 is 15.3 Å². The molecule has 1 amide bonds. The van der Waals surface area contributed by atoms with Gasteiger partial charge in [-0.2, -0.15) is 0 Å². The van der Waals surface area contributed by atoms with Crippen molar-refractivity contribution < 1.29 is 9.90 Å². The Morgan fingerprint density at radius 3 is 2.82 bits per heavy atom. The highest BCUT2D eigenvalue weighted by atomic mass is 16.3. The first-order valence-corrected chi connectivity index (χ1v) is 5.94. The second-order valence-electron chi connectivity index (χ2n) is 4.53. The lowest BCUT2D eigenvalue weighted by Gasteiger charge is -2.22. The molecule has 0 spiro atoms. The molecular formula is C13H18N2O2. The summed E-state index contributed by atoms with van der Waals surface area (Å²) in [5, 5.41) is 12.5. The second-order valence-corrected chi connectivity index (χ2v) is 4.53. The minimum absolute atomic E-state index is 0.0367. The van der Waals surface area contributed by atoms with Crippen LogP contribution in [0.2, 0.25) is 0 Å². The maximum atomic E-state index is 12.1. The van der Waals surface area contributed by atoms with Gasteiger partial charge in [-0.1, -0.05) is 19.1 Å². The highest BCUT2D eigenvalue weighted by Gasteiger charge is 2.22. The molecule has 1 heterocycles. The minimum Gasteiger partial charge on any atom is -0.508 e. The summed E-state index contributed by atoms with van der Waals surface area (Å²) < 4.78 is 0. The van der Waals surface area contributed by atoms with Crippen molar-refractivity contribution in [1.82, 2.24) is 10.2 Å². The number of phenolic OH excluding ortho intramolecular Hbond substituents is 1. The molecule has 1 saturated heterocycles. The Kier molecular flexibility index (Phi) is 3.64. The molecule has 1 fully saturated rings. The topological polar surface area (TPSA) is 52.6 Å². The lowest BCUT2D eigenvalue weighted by molar-refractivity contribution is -0.134. The number of nitrogens with one attached hydrogen (secondary N) is 1. The first-order chi connectivity index (χ1) is 8.16. The van der Waals surface area contributed by atoms with Crippen LogP contribution < -0.4 is 5.32 Å². The smallest absolute Gasteiger partial charge is 0.227 e. The van der Waals surface area contributed by atoms with Crippen LogP contribution >= 0.6 is 0 Å². The Morgan fingerprint density at radius 2 is 2.12 bits per heavy atom. The molecule has 1 aromatic rings. The molecule has 1 aromatic carbocycles. The highest BCUT2D eigenvalue weighted by Crippen LogP contribution is 2.14. The molecule has 4 nitrogen and oxygen atoms in total. The monoisotopic (exact) mass is 234 g/mol. The third kappa shape index (κ3) is 2.97. The number of benzene rings is 1. The Morgan fingerprint density at radius 1 is 1.41 bits per heavy atom. The van der Waals surface area contributed by atoms with E-state index in [1.165, 1.54) is 0 Å². The molecule has 1 unspecified atom stereocenters. The van der Waals surface area contributed by atoms with Crippen molar-refractivity contribution in [3.8, 4) is 5.75 Å². The predicted molar refractivity (Wildman–Crippen MR) is 65.6 cm³/mol. The zero-order chi connectivity index (χ0) is 12.3. The van der Waals surface area contributed by atoms with Crippen LogP contribution in [0.25, 0.3) is 0 Å². The van der Waals surface area contributed by atoms with Gasteiger partial charge in [0.1, 0.15) is 5.75 Å². The van der Waals surface area contributed by atoms with Crippen molar-refractivity contribution in [2.45, 2.75) is 13.5 Å². The molecular weight excluding hydrogens is 216 g/mol. The molecule has 0 radical (unpaired) electrons. The van der Waals surface area contributed by atoms with E-state index in [9.17, 15) is 9.90 Å². The standard InChI is InChI=1S/C13H18N2O2/c1-10-8-14-6-7-15(13(10)17)9-11-2-4-12(16)5-3-11/h2-5,10,14,16H,6-9H2,1H3. The van der Waals surface area contributed by atoms with Crippen LogP contribution in [-0.2, 0) is 11.3 Å². The number of phenols is 1. The van der Waals surface area contributed by atoms with Crippen LogP contribution in [-0.4, -0.2) is 35.5 Å². The fourth-order valence-electron chi connectivity index (χ4n) is 2.02. The van der Waals surface area contributed by atoms with Crippen LogP contribution in [0.5, 0.6) is 5.75 Å². The van der Waals surface area contributed by atoms with Crippen molar-refractivity contribution in [3.63, 3.8) is 0 Å². The van der Waals surface area contributed by atoms with E-state index in [1.54, 1.807) is 12.1 Å². The van der Waals surface area contributed by atoms with Gasteiger partial charge in [-0.25, -0.2) is 0 Å². The van der Waals surface area contributed by atoms with Gasteiger partial charge in [-0.05, 0) is 17.7 Å². The maximum Gasteiger partial charge on any atom is 0.227 e. The Hall–Kier alpha value is -1.55. The van der Waals surface area contributed by atoms with Gasteiger partial charge in [0.05, 0.1) is 0 Å². The second kappa shape index (κ2) is 5.19. The van der Waals surface area contributed by atoms with Crippen LogP contribution in [0.4, 0.5) is 0 Å². The van der Waals surface area contributed by atoms with E-state index >= 15 is 0 Å². The van der Waals surface area contributed by atoms with Crippen molar-refractivity contribution in [2.24, 2.45) is 5.92 Å². The van der Waals surface area contributed by atoms with E-state index in [4.69, 9.17) is 0 Å². The fraction of sp³-hybridized carbons (Fsp3) is 0.462. The van der Waals surface area contributed by atoms with Crippen LogP contribution in [0.15, 0.2) is 24.3 Å². The average Bonchev–Trinajstić information content (AvgIpc) is 2.48. The number of carbonyl (C=O) groups excluding carboxylic acids is 1. The number of nitrogens with zero attached hydrogens (tertiary/aromatic N) is 1. The maximum absolute atomic E-state index is 12.1. The molecule has 4 heteroatoms. The first kappa shape index (κ1) is 11.9. The molecule has 92 valence electrons. The number of aromatic hydroxyl groups is 1. The van der Waals surface area contributed by atoms with Crippen molar-refractivity contribution >= 4 is 5.91 Å². The van der Waals surface area contributed by atoms with Crippen LogP contribution in [0.3, 0.4) is 0 Å². The third-order valence-corrected chi connectivity index (χ3v) is 3.05. The highest BCUT2D eigenvalue weighted by molar-refractivity contribution is 5.79. The van der Waals surface area contributed by atoms with Crippen LogP contribution in [0.1, 0.15) is 12.5 Å². The Balaban J connectivity index is 2.06. The van der Waals surface area contributed by atoms with Gasteiger partial charge in [-0.3, -0.25) is 4.79 Å². The quantitative estimate of drug-likeness (QED) is 0.801. The average molecular weight is 234 g/mol. The molecule has 1 aliphatic rings. The van der Waals surface area contributed by atoms with E-state index in [0.717, 1.165) is 25.2 Å². The SMILES string of the molecule is CC1CNCCN(Cc2ccc(O)cc2)C1=O. The number of hydrogen-bond acceptors (Lipinski definition) is 3. The number of carbonyl (C=O) groups is 1. The molecule has 17 heavy (non-hydrogen) atoms. The lowest BCUT2D eigenvalue weighted by atomic mass is 10.1. The molecule has 0 aliphatic carbocycles. The summed E-state index contributed by atoms with van der Waals surface area (Å²) in [7, 11) is 0.